The highest BCUT2D eigenvalue weighted by Gasteiger charge is 2.34. The van der Waals surface area contributed by atoms with Gasteiger partial charge in [0.25, 0.3) is 0 Å². The molecule has 0 radical (unpaired) electrons. The Hall–Kier alpha value is -1.53. The minimum atomic E-state index is -0.904. The van der Waals surface area contributed by atoms with Crippen LogP contribution in [0.1, 0.15) is 31.6 Å². The van der Waals surface area contributed by atoms with Crippen LogP contribution in [0.4, 0.5) is 8.78 Å². The van der Waals surface area contributed by atoms with Crippen LogP contribution in [-0.4, -0.2) is 22.2 Å². The summed E-state index contributed by atoms with van der Waals surface area (Å²) in [7, 11) is 0. The summed E-state index contributed by atoms with van der Waals surface area (Å²) in [4.78, 5) is 4.33. The molecule has 2 atom stereocenters. The van der Waals surface area contributed by atoms with E-state index in [1.54, 1.807) is 0 Å². The van der Waals surface area contributed by atoms with Gasteiger partial charge >= 0.3 is 0 Å². The van der Waals surface area contributed by atoms with Crippen molar-refractivity contribution in [2.75, 3.05) is 0 Å². The van der Waals surface area contributed by atoms with Crippen molar-refractivity contribution in [1.29, 1.82) is 0 Å². The van der Waals surface area contributed by atoms with Crippen LogP contribution in [0.2, 0.25) is 0 Å². The number of nitrogens with one attached hydrogen (secondary N) is 1. The van der Waals surface area contributed by atoms with Crippen LogP contribution >= 0.6 is 12.4 Å². The lowest BCUT2D eigenvalue weighted by molar-refractivity contribution is 0.270. The molecule has 2 aliphatic rings. The number of aromatic nitrogens is 2. The summed E-state index contributed by atoms with van der Waals surface area (Å²) in [6.07, 6.45) is 5.54. The maximum absolute atomic E-state index is 13.3. The van der Waals surface area contributed by atoms with Gasteiger partial charge < -0.3 is 9.84 Å². The van der Waals surface area contributed by atoms with E-state index in [1.807, 2.05) is 0 Å². The summed E-state index contributed by atoms with van der Waals surface area (Å²) in [6.45, 7) is 0. The lowest BCUT2D eigenvalue weighted by Gasteiger charge is -2.27. The third kappa shape index (κ3) is 3.38. The molecule has 2 aliphatic heterocycles. The lowest BCUT2D eigenvalue weighted by Crippen LogP contribution is -2.38. The average molecular weight is 342 g/mol. The molecule has 2 saturated heterocycles. The number of benzene rings is 1. The molecule has 0 spiro atoms. The number of hydrogen-bond acceptors (Lipinski definition) is 4. The second kappa shape index (κ2) is 6.53. The van der Waals surface area contributed by atoms with Crippen molar-refractivity contribution in [1.82, 2.24) is 15.5 Å². The number of halogens is 3. The third-order valence-electron chi connectivity index (χ3n) is 4.68. The smallest absolute Gasteiger partial charge is 0.227 e. The molecule has 23 heavy (non-hydrogen) atoms. The molecule has 2 bridgehead atoms. The summed E-state index contributed by atoms with van der Waals surface area (Å²) >= 11 is 0. The number of hydrogen-bond donors (Lipinski definition) is 1. The van der Waals surface area contributed by atoms with Crippen LogP contribution in [0.5, 0.6) is 0 Å². The first kappa shape index (κ1) is 16.3. The van der Waals surface area contributed by atoms with Crippen molar-refractivity contribution < 1.29 is 13.3 Å². The molecule has 2 unspecified atom stereocenters. The van der Waals surface area contributed by atoms with E-state index in [0.29, 0.717) is 35.3 Å². The summed E-state index contributed by atoms with van der Waals surface area (Å²) < 4.78 is 31.5. The molecule has 1 aromatic carbocycles. The van der Waals surface area contributed by atoms with Crippen LogP contribution in [0, 0.1) is 17.6 Å². The predicted molar refractivity (Wildman–Crippen MR) is 83.3 cm³/mol. The predicted octanol–water partition coefficient (Wildman–Crippen LogP) is 3.51. The maximum atomic E-state index is 13.3. The van der Waals surface area contributed by atoms with Crippen LogP contribution in [0.25, 0.3) is 11.4 Å². The zero-order valence-electron chi connectivity index (χ0n) is 12.5. The molecule has 4 nitrogen and oxygen atoms in total. The molecule has 1 N–H and O–H groups in total. The van der Waals surface area contributed by atoms with Crippen molar-refractivity contribution >= 4 is 12.4 Å². The van der Waals surface area contributed by atoms with Crippen molar-refractivity contribution in [2.24, 2.45) is 5.92 Å². The molecule has 1 aromatic heterocycles. The van der Waals surface area contributed by atoms with Crippen molar-refractivity contribution in [3.05, 3.63) is 35.7 Å². The van der Waals surface area contributed by atoms with E-state index in [-0.39, 0.29) is 12.4 Å². The average Bonchev–Trinajstić information content (AvgIpc) is 3.09. The molecule has 124 valence electrons. The second-order valence-corrected chi connectivity index (χ2v) is 6.32. The lowest BCUT2D eigenvalue weighted by atomic mass is 9.90. The van der Waals surface area contributed by atoms with Crippen molar-refractivity contribution in [3.8, 4) is 11.4 Å². The van der Waals surface area contributed by atoms with Crippen molar-refractivity contribution in [3.63, 3.8) is 0 Å². The van der Waals surface area contributed by atoms with Crippen LogP contribution in [-0.2, 0) is 6.42 Å². The summed E-state index contributed by atoms with van der Waals surface area (Å²) in [5.41, 5.74) is 0.430. The summed E-state index contributed by atoms with van der Waals surface area (Å²) in [6, 6.07) is 4.87. The Morgan fingerprint density at radius 3 is 2.57 bits per heavy atom. The number of fused-ring (bicyclic) bond motifs is 2. The fourth-order valence-electron chi connectivity index (χ4n) is 3.68. The highest BCUT2D eigenvalue weighted by atomic mass is 35.5. The molecule has 4 rings (SSSR count). The third-order valence-corrected chi connectivity index (χ3v) is 4.68. The van der Waals surface area contributed by atoms with Gasteiger partial charge in [0.2, 0.25) is 11.7 Å². The first-order chi connectivity index (χ1) is 10.7. The monoisotopic (exact) mass is 341 g/mol. The Bertz CT molecular complexity index is 682. The minimum absolute atomic E-state index is 0. The van der Waals surface area contributed by atoms with Gasteiger partial charge in [-0.1, -0.05) is 5.16 Å². The van der Waals surface area contributed by atoms with Crippen LogP contribution < -0.4 is 5.32 Å². The summed E-state index contributed by atoms with van der Waals surface area (Å²) in [5, 5.41) is 7.49. The van der Waals surface area contributed by atoms with Crippen LogP contribution in [0.3, 0.4) is 0 Å². The van der Waals surface area contributed by atoms with E-state index in [0.717, 1.165) is 31.4 Å². The Labute approximate surface area is 139 Å². The normalized spacial score (nSPS) is 26.1. The molecule has 7 heteroatoms. The molecule has 0 amide bonds. The largest absolute Gasteiger partial charge is 0.339 e. The number of nitrogens with zero attached hydrogens (tertiary/aromatic N) is 2. The van der Waals surface area contributed by atoms with E-state index < -0.39 is 11.6 Å². The highest BCUT2D eigenvalue weighted by molar-refractivity contribution is 5.85. The number of piperidine rings is 1. The van der Waals surface area contributed by atoms with Gasteiger partial charge in [0.1, 0.15) is 0 Å². The molecule has 2 fully saturated rings. The Morgan fingerprint density at radius 1 is 1.13 bits per heavy atom. The quantitative estimate of drug-likeness (QED) is 0.928. The van der Waals surface area contributed by atoms with E-state index in [1.165, 1.54) is 18.9 Å². The van der Waals surface area contributed by atoms with E-state index >= 15 is 0 Å². The molecular formula is C16H18ClF2N3O. The van der Waals surface area contributed by atoms with Gasteiger partial charge in [-0.3, -0.25) is 0 Å². The Morgan fingerprint density at radius 2 is 1.87 bits per heavy atom. The number of rotatable bonds is 3. The topological polar surface area (TPSA) is 51.0 Å². The fourth-order valence-corrected chi connectivity index (χ4v) is 3.68. The van der Waals surface area contributed by atoms with E-state index in [9.17, 15) is 8.78 Å². The summed E-state index contributed by atoms with van der Waals surface area (Å²) in [5.74, 6) is -0.342. The van der Waals surface area contributed by atoms with Gasteiger partial charge in [-0.05, 0) is 49.8 Å². The highest BCUT2D eigenvalue weighted by Crippen LogP contribution is 2.32. The molecule has 0 saturated carbocycles. The molecule has 3 heterocycles. The zero-order valence-corrected chi connectivity index (χ0v) is 13.3. The minimum Gasteiger partial charge on any atom is -0.339 e. The van der Waals surface area contributed by atoms with Gasteiger partial charge in [-0.15, -0.1) is 12.4 Å². The van der Waals surface area contributed by atoms with E-state index in [4.69, 9.17) is 4.52 Å². The fraction of sp³-hybridized carbons (Fsp3) is 0.500. The van der Waals surface area contributed by atoms with E-state index in [2.05, 4.69) is 15.5 Å². The van der Waals surface area contributed by atoms with Crippen molar-refractivity contribution in [2.45, 2.75) is 44.2 Å². The zero-order chi connectivity index (χ0) is 15.1. The molecule has 0 aliphatic carbocycles. The van der Waals surface area contributed by atoms with Gasteiger partial charge in [0.05, 0.1) is 0 Å². The Balaban J connectivity index is 0.00000156. The standard InChI is InChI=1S/C16H17F2N3O.ClH/c17-13-4-1-10(8-14(13)18)16-20-15(22-21-16)7-9-5-11-2-3-12(6-9)19-11;/h1,4,8-9,11-12,19H,2-3,5-7H2;1H. The van der Waals surface area contributed by atoms with Gasteiger partial charge in [0.15, 0.2) is 11.6 Å². The van der Waals surface area contributed by atoms with Gasteiger partial charge in [0, 0.05) is 24.1 Å². The maximum Gasteiger partial charge on any atom is 0.227 e. The first-order valence-electron chi connectivity index (χ1n) is 7.71. The van der Waals surface area contributed by atoms with Gasteiger partial charge in [-0.2, -0.15) is 4.98 Å². The van der Waals surface area contributed by atoms with Gasteiger partial charge in [-0.25, -0.2) is 8.78 Å². The molecule has 2 aromatic rings. The molecular weight excluding hydrogens is 324 g/mol. The van der Waals surface area contributed by atoms with Crippen LogP contribution in [0.15, 0.2) is 22.7 Å². The Kier molecular flexibility index (Phi) is 4.64. The first-order valence-corrected chi connectivity index (χ1v) is 7.71. The second-order valence-electron chi connectivity index (χ2n) is 6.32. The SMILES string of the molecule is Cl.Fc1ccc(-c2noc(CC3CC4CCC(C3)N4)n2)cc1F.